The molecule has 1 aliphatic heterocycles. The van der Waals surface area contributed by atoms with Crippen molar-refractivity contribution in [2.24, 2.45) is 0 Å². The van der Waals surface area contributed by atoms with E-state index in [0.717, 1.165) is 11.3 Å². The zero-order valence-electron chi connectivity index (χ0n) is 21.8. The molecule has 2 aromatic carbocycles. The predicted molar refractivity (Wildman–Crippen MR) is 148 cm³/mol. The van der Waals surface area contributed by atoms with Crippen molar-refractivity contribution in [3.05, 3.63) is 105 Å². The summed E-state index contributed by atoms with van der Waals surface area (Å²) in [5.74, 6) is 0.102. The SMILES string of the molecule is COc1cccc([C@H]2C(C(=O)OCCc3ccccc3)=C(C)NC3=C2C(=O)C[C@H](c2cccs2)C3)c1OC. The quantitative estimate of drug-likeness (QED) is 0.366. The minimum atomic E-state index is -0.627. The molecule has 0 amide bonds. The fourth-order valence-electron chi connectivity index (χ4n) is 5.47. The van der Waals surface area contributed by atoms with Gasteiger partial charge in [-0.3, -0.25) is 4.79 Å². The van der Waals surface area contributed by atoms with Gasteiger partial charge in [-0.05, 0) is 36.4 Å². The van der Waals surface area contributed by atoms with Gasteiger partial charge in [-0.25, -0.2) is 4.79 Å². The second-order valence-electron chi connectivity index (χ2n) is 9.49. The zero-order chi connectivity index (χ0) is 26.6. The highest BCUT2D eigenvalue weighted by atomic mass is 32.1. The van der Waals surface area contributed by atoms with E-state index in [0.29, 0.717) is 53.2 Å². The Balaban J connectivity index is 1.53. The molecule has 0 unspecified atom stereocenters. The van der Waals surface area contributed by atoms with Crippen LogP contribution in [0.3, 0.4) is 0 Å². The first kappa shape index (κ1) is 25.8. The fourth-order valence-corrected chi connectivity index (χ4v) is 6.30. The van der Waals surface area contributed by atoms with E-state index in [9.17, 15) is 9.59 Å². The normalized spacial score (nSPS) is 19.1. The summed E-state index contributed by atoms with van der Waals surface area (Å²) < 4.78 is 17.1. The number of rotatable bonds is 8. The third-order valence-corrected chi connectivity index (χ3v) is 8.24. The van der Waals surface area contributed by atoms with Crippen molar-refractivity contribution in [2.75, 3.05) is 20.8 Å². The molecule has 2 aliphatic rings. The Morgan fingerprint density at radius 2 is 1.82 bits per heavy atom. The number of ether oxygens (including phenoxy) is 3. The summed E-state index contributed by atoms with van der Waals surface area (Å²) >= 11 is 1.67. The Morgan fingerprint density at radius 3 is 2.53 bits per heavy atom. The summed E-state index contributed by atoms with van der Waals surface area (Å²) in [6, 6.07) is 19.6. The molecule has 6 nitrogen and oxygen atoms in total. The lowest BCUT2D eigenvalue weighted by atomic mass is 9.72. The Morgan fingerprint density at radius 1 is 1.00 bits per heavy atom. The molecular formula is C31H31NO5S. The number of hydrogen-bond acceptors (Lipinski definition) is 7. The maximum Gasteiger partial charge on any atom is 0.336 e. The number of carbonyl (C=O) groups is 2. The lowest BCUT2D eigenvalue weighted by molar-refractivity contribution is -0.139. The number of nitrogens with one attached hydrogen (secondary N) is 1. The van der Waals surface area contributed by atoms with Crippen LogP contribution in [0.25, 0.3) is 0 Å². The van der Waals surface area contributed by atoms with Crippen molar-refractivity contribution in [3.63, 3.8) is 0 Å². The van der Waals surface area contributed by atoms with E-state index < -0.39 is 11.9 Å². The van der Waals surface area contributed by atoms with Crippen LogP contribution in [-0.2, 0) is 20.7 Å². The van der Waals surface area contributed by atoms with Crippen molar-refractivity contribution < 1.29 is 23.8 Å². The molecule has 1 N–H and O–H groups in total. The van der Waals surface area contributed by atoms with Crippen LogP contribution in [0.2, 0.25) is 0 Å². The van der Waals surface area contributed by atoms with Gasteiger partial charge in [-0.15, -0.1) is 11.3 Å². The first-order valence-electron chi connectivity index (χ1n) is 12.7. The van der Waals surface area contributed by atoms with Crippen LogP contribution in [-0.4, -0.2) is 32.6 Å². The number of thiophene rings is 1. The average Bonchev–Trinajstić information content (AvgIpc) is 3.47. The van der Waals surface area contributed by atoms with E-state index in [4.69, 9.17) is 14.2 Å². The number of Topliss-reactive ketones (excluding diaryl/α,β-unsaturated/α-hetero) is 1. The average molecular weight is 530 g/mol. The van der Waals surface area contributed by atoms with Gasteiger partial charge in [0.1, 0.15) is 0 Å². The van der Waals surface area contributed by atoms with Crippen LogP contribution in [0.1, 0.15) is 47.6 Å². The van der Waals surface area contributed by atoms with Gasteiger partial charge in [0.05, 0.1) is 32.3 Å². The molecule has 1 aliphatic carbocycles. The highest BCUT2D eigenvalue weighted by molar-refractivity contribution is 7.10. The maximum absolute atomic E-state index is 13.8. The van der Waals surface area contributed by atoms with Gasteiger partial charge in [0, 0.05) is 46.2 Å². The summed E-state index contributed by atoms with van der Waals surface area (Å²) in [4.78, 5) is 28.6. The lowest BCUT2D eigenvalue weighted by Crippen LogP contribution is -2.36. The number of para-hydroxylation sites is 1. The monoisotopic (exact) mass is 529 g/mol. The first-order chi connectivity index (χ1) is 18.5. The molecule has 0 saturated carbocycles. The largest absolute Gasteiger partial charge is 0.493 e. The highest BCUT2D eigenvalue weighted by Crippen LogP contribution is 2.49. The Bertz CT molecular complexity index is 1390. The Labute approximate surface area is 226 Å². The van der Waals surface area contributed by atoms with Crippen molar-refractivity contribution in [2.45, 2.75) is 38.0 Å². The topological polar surface area (TPSA) is 73.9 Å². The van der Waals surface area contributed by atoms with E-state index in [1.165, 1.54) is 4.88 Å². The summed E-state index contributed by atoms with van der Waals surface area (Å²) in [5.41, 5.74) is 4.36. The molecule has 5 rings (SSSR count). The molecule has 1 aromatic heterocycles. The first-order valence-corrected chi connectivity index (χ1v) is 13.6. The summed E-state index contributed by atoms with van der Waals surface area (Å²) in [6.45, 7) is 2.11. The van der Waals surface area contributed by atoms with E-state index in [-0.39, 0.29) is 18.3 Å². The predicted octanol–water partition coefficient (Wildman–Crippen LogP) is 5.91. The van der Waals surface area contributed by atoms with Crippen LogP contribution in [0.4, 0.5) is 0 Å². The van der Waals surface area contributed by atoms with Crippen LogP contribution >= 0.6 is 11.3 Å². The molecule has 7 heteroatoms. The Kier molecular flexibility index (Phi) is 7.65. The third kappa shape index (κ3) is 4.98. The second-order valence-corrected chi connectivity index (χ2v) is 10.5. The van der Waals surface area contributed by atoms with E-state index in [1.807, 2.05) is 66.9 Å². The van der Waals surface area contributed by atoms with E-state index in [1.54, 1.807) is 25.6 Å². The molecule has 196 valence electrons. The number of methoxy groups -OCH3 is 2. The van der Waals surface area contributed by atoms with Crippen molar-refractivity contribution >= 4 is 23.1 Å². The van der Waals surface area contributed by atoms with Crippen molar-refractivity contribution in [3.8, 4) is 11.5 Å². The minimum Gasteiger partial charge on any atom is -0.493 e. The number of esters is 1. The standard InChI is InChI=1S/C31H31NO5S/c1-19-27(31(34)37-15-14-20-9-5-4-6-10-20)28(22-11-7-12-25(35-2)30(22)36-3)29-23(32-19)17-21(18-24(29)33)26-13-8-16-38-26/h4-13,16,21,28,32H,14-15,17-18H2,1-3H3/t21-,28+/m1/s1. The van der Waals surface area contributed by atoms with Crippen LogP contribution in [0.5, 0.6) is 11.5 Å². The van der Waals surface area contributed by atoms with Gasteiger partial charge in [0.25, 0.3) is 0 Å². The fraction of sp³-hybridized carbons (Fsp3) is 0.290. The third-order valence-electron chi connectivity index (χ3n) is 7.20. The van der Waals surface area contributed by atoms with Crippen LogP contribution < -0.4 is 14.8 Å². The van der Waals surface area contributed by atoms with E-state index >= 15 is 0 Å². The molecule has 2 atom stereocenters. The molecule has 0 radical (unpaired) electrons. The van der Waals surface area contributed by atoms with Crippen LogP contribution in [0, 0.1) is 0 Å². The van der Waals surface area contributed by atoms with Crippen molar-refractivity contribution in [1.29, 1.82) is 0 Å². The number of dihydropyridines is 1. The van der Waals surface area contributed by atoms with Gasteiger partial charge < -0.3 is 19.5 Å². The maximum atomic E-state index is 13.8. The molecule has 3 aromatic rings. The molecule has 0 spiro atoms. The van der Waals surface area contributed by atoms with Crippen LogP contribution in [0.15, 0.2) is 88.6 Å². The van der Waals surface area contributed by atoms with Gasteiger partial charge in [0.15, 0.2) is 17.3 Å². The summed E-state index contributed by atoms with van der Waals surface area (Å²) in [6.07, 6.45) is 1.69. The summed E-state index contributed by atoms with van der Waals surface area (Å²) in [7, 11) is 3.15. The molecule has 0 fully saturated rings. The number of benzene rings is 2. The van der Waals surface area contributed by atoms with Gasteiger partial charge >= 0.3 is 5.97 Å². The smallest absolute Gasteiger partial charge is 0.336 e. The Hall–Kier alpha value is -3.84. The molecule has 38 heavy (non-hydrogen) atoms. The highest BCUT2D eigenvalue weighted by Gasteiger charge is 2.43. The van der Waals surface area contributed by atoms with E-state index in [2.05, 4.69) is 11.4 Å². The molecule has 0 bridgehead atoms. The number of allylic oxidation sites excluding steroid dienone is 3. The zero-order valence-corrected chi connectivity index (χ0v) is 22.6. The summed E-state index contributed by atoms with van der Waals surface area (Å²) in [5, 5.41) is 5.45. The number of hydrogen-bond donors (Lipinski definition) is 1. The second kappa shape index (κ2) is 11.3. The number of ketones is 1. The van der Waals surface area contributed by atoms with Crippen molar-refractivity contribution in [1.82, 2.24) is 5.32 Å². The van der Waals surface area contributed by atoms with Gasteiger partial charge in [0.2, 0.25) is 0 Å². The number of carbonyl (C=O) groups excluding carboxylic acids is 2. The lowest BCUT2D eigenvalue weighted by Gasteiger charge is -2.37. The van der Waals surface area contributed by atoms with Gasteiger partial charge in [-0.1, -0.05) is 48.5 Å². The molecule has 2 heterocycles. The molecule has 0 saturated heterocycles. The minimum absolute atomic E-state index is 0.0223. The molecular weight excluding hydrogens is 498 g/mol. The van der Waals surface area contributed by atoms with Gasteiger partial charge in [-0.2, -0.15) is 0 Å².